The molecule has 140 valence electrons. The molecule has 0 aliphatic heterocycles. The van der Waals surface area contributed by atoms with Gasteiger partial charge in [-0.2, -0.15) is 0 Å². The van der Waals surface area contributed by atoms with Gasteiger partial charge >= 0.3 is 0 Å². The number of nitrogens with one attached hydrogen (secondary N) is 1. The molecule has 6 nitrogen and oxygen atoms in total. The first-order chi connectivity index (χ1) is 12.9. The number of hydrogen-bond acceptors (Lipinski definition) is 5. The molecule has 0 aliphatic carbocycles. The Hall–Kier alpha value is -2.57. The number of aromatic nitrogens is 2. The number of amides is 1. The number of carbonyl (C=O) groups excluding carboxylic acids is 1. The first-order valence-electron chi connectivity index (χ1n) is 8.22. The molecule has 0 aliphatic rings. The van der Waals surface area contributed by atoms with Crippen molar-refractivity contribution >= 4 is 29.1 Å². The maximum atomic E-state index is 12.4. The fourth-order valence-electron chi connectivity index (χ4n) is 2.49. The van der Waals surface area contributed by atoms with Gasteiger partial charge in [0.1, 0.15) is 5.75 Å². The predicted octanol–water partition coefficient (Wildman–Crippen LogP) is 4.69. The molecule has 0 radical (unpaired) electrons. The van der Waals surface area contributed by atoms with E-state index < -0.39 is 6.10 Å². The normalized spacial score (nSPS) is 13.0. The number of rotatable bonds is 6. The fraction of sp³-hybridized carbons (Fsp3) is 0.211. The smallest absolute Gasteiger partial charge is 0.261 e. The van der Waals surface area contributed by atoms with Crippen molar-refractivity contribution in [3.05, 3.63) is 64.5 Å². The van der Waals surface area contributed by atoms with E-state index in [2.05, 4.69) is 15.5 Å². The zero-order chi connectivity index (χ0) is 19.4. The highest BCUT2D eigenvalue weighted by molar-refractivity contribution is 6.35. The number of halogens is 2. The minimum Gasteiger partial charge on any atom is -0.481 e. The first kappa shape index (κ1) is 19.2. The molecule has 3 rings (SSSR count). The van der Waals surface area contributed by atoms with Gasteiger partial charge in [-0.3, -0.25) is 4.79 Å². The summed E-state index contributed by atoms with van der Waals surface area (Å²) in [6.45, 7) is 3.52. The SMILES string of the molecule is C[C@H](NC(=O)[C@@H](C)Oc1ccc(-c2nnco2)cc1)c1ccc(Cl)cc1Cl. The van der Waals surface area contributed by atoms with Crippen molar-refractivity contribution in [1.29, 1.82) is 0 Å². The van der Waals surface area contributed by atoms with Gasteiger partial charge < -0.3 is 14.5 Å². The van der Waals surface area contributed by atoms with Crippen LogP contribution < -0.4 is 10.1 Å². The standard InChI is InChI=1S/C19H17Cl2N3O3/c1-11(16-8-5-14(20)9-17(16)21)23-18(25)12(2)27-15-6-3-13(4-7-15)19-24-22-10-26-19/h3-12H,1-2H3,(H,23,25)/t11-,12+/m0/s1. The lowest BCUT2D eigenvalue weighted by atomic mass is 10.1. The summed E-state index contributed by atoms with van der Waals surface area (Å²) in [5.74, 6) is 0.716. The third-order valence-corrected chi connectivity index (χ3v) is 4.49. The lowest BCUT2D eigenvalue weighted by Gasteiger charge is -2.20. The fourth-order valence-corrected chi connectivity index (χ4v) is 3.07. The molecule has 27 heavy (non-hydrogen) atoms. The lowest BCUT2D eigenvalue weighted by Crippen LogP contribution is -2.37. The minimum absolute atomic E-state index is 0.255. The van der Waals surface area contributed by atoms with Crippen LogP contribution >= 0.6 is 23.2 Å². The van der Waals surface area contributed by atoms with E-state index in [4.69, 9.17) is 32.4 Å². The average Bonchev–Trinajstić information content (AvgIpc) is 3.16. The van der Waals surface area contributed by atoms with E-state index in [1.54, 1.807) is 49.4 Å². The van der Waals surface area contributed by atoms with Crippen LogP contribution in [0, 0.1) is 0 Å². The first-order valence-corrected chi connectivity index (χ1v) is 8.98. The average molecular weight is 406 g/mol. The van der Waals surface area contributed by atoms with Gasteiger partial charge in [0.25, 0.3) is 5.91 Å². The lowest BCUT2D eigenvalue weighted by molar-refractivity contribution is -0.127. The summed E-state index contributed by atoms with van der Waals surface area (Å²) < 4.78 is 10.8. The summed E-state index contributed by atoms with van der Waals surface area (Å²) in [4.78, 5) is 12.4. The Morgan fingerprint density at radius 2 is 1.89 bits per heavy atom. The third-order valence-electron chi connectivity index (χ3n) is 3.93. The van der Waals surface area contributed by atoms with E-state index in [1.807, 2.05) is 6.92 Å². The molecule has 2 aromatic carbocycles. The molecular formula is C19H17Cl2N3O3. The zero-order valence-corrected chi connectivity index (χ0v) is 16.2. The van der Waals surface area contributed by atoms with Gasteiger partial charge in [-0.25, -0.2) is 0 Å². The Kier molecular flexibility index (Phi) is 5.98. The van der Waals surface area contributed by atoms with Crippen LogP contribution in [0.5, 0.6) is 5.75 Å². The van der Waals surface area contributed by atoms with Crippen LogP contribution in [0.15, 0.2) is 53.3 Å². The van der Waals surface area contributed by atoms with Crippen LogP contribution in [0.3, 0.4) is 0 Å². The molecule has 1 aromatic heterocycles. The maximum Gasteiger partial charge on any atom is 0.261 e. The van der Waals surface area contributed by atoms with E-state index >= 15 is 0 Å². The van der Waals surface area contributed by atoms with E-state index in [0.29, 0.717) is 21.7 Å². The molecule has 0 bridgehead atoms. The van der Waals surface area contributed by atoms with Gasteiger partial charge in [0.2, 0.25) is 12.3 Å². The van der Waals surface area contributed by atoms with E-state index in [0.717, 1.165) is 11.1 Å². The van der Waals surface area contributed by atoms with E-state index in [-0.39, 0.29) is 11.9 Å². The number of carbonyl (C=O) groups is 1. The molecule has 1 N–H and O–H groups in total. The topological polar surface area (TPSA) is 77.2 Å². The molecule has 3 aromatic rings. The summed E-state index contributed by atoms with van der Waals surface area (Å²) in [7, 11) is 0. The molecular weight excluding hydrogens is 389 g/mol. The van der Waals surface area contributed by atoms with Crippen LogP contribution in [-0.2, 0) is 4.79 Å². The van der Waals surface area contributed by atoms with Crippen molar-refractivity contribution in [2.45, 2.75) is 26.0 Å². The molecule has 8 heteroatoms. The summed E-state index contributed by atoms with van der Waals surface area (Å²) in [5, 5.41) is 11.4. The second-order valence-corrected chi connectivity index (χ2v) is 6.77. The maximum absolute atomic E-state index is 12.4. The number of ether oxygens (including phenoxy) is 1. The minimum atomic E-state index is -0.687. The molecule has 0 unspecified atom stereocenters. The Morgan fingerprint density at radius 3 is 2.52 bits per heavy atom. The molecule has 0 saturated heterocycles. The van der Waals surface area contributed by atoms with Crippen LogP contribution in [-0.4, -0.2) is 22.2 Å². The molecule has 0 saturated carbocycles. The summed E-state index contributed by atoms with van der Waals surface area (Å²) in [6.07, 6.45) is 0.577. The largest absolute Gasteiger partial charge is 0.481 e. The Labute approximate surface area is 166 Å². The van der Waals surface area contributed by atoms with E-state index in [1.165, 1.54) is 6.39 Å². The van der Waals surface area contributed by atoms with Gasteiger partial charge in [-0.1, -0.05) is 29.3 Å². The summed E-state index contributed by atoms with van der Waals surface area (Å²) >= 11 is 12.1. The van der Waals surface area contributed by atoms with Crippen LogP contribution in [0.4, 0.5) is 0 Å². The van der Waals surface area contributed by atoms with Crippen molar-refractivity contribution in [3.8, 4) is 17.2 Å². The summed E-state index contributed by atoms with van der Waals surface area (Å²) in [6, 6.07) is 11.9. The van der Waals surface area contributed by atoms with Gasteiger partial charge in [-0.05, 0) is 55.8 Å². The molecule has 1 heterocycles. The van der Waals surface area contributed by atoms with Gasteiger partial charge in [0.05, 0.1) is 6.04 Å². The number of hydrogen-bond donors (Lipinski definition) is 1. The Bertz CT molecular complexity index is 914. The zero-order valence-electron chi connectivity index (χ0n) is 14.6. The Morgan fingerprint density at radius 1 is 1.15 bits per heavy atom. The van der Waals surface area contributed by atoms with Crippen molar-refractivity contribution in [2.75, 3.05) is 0 Å². The summed E-state index contributed by atoms with van der Waals surface area (Å²) in [5.41, 5.74) is 1.55. The van der Waals surface area contributed by atoms with Crippen LogP contribution in [0.2, 0.25) is 10.0 Å². The van der Waals surface area contributed by atoms with Crippen molar-refractivity contribution < 1.29 is 13.9 Å². The predicted molar refractivity (Wildman–Crippen MR) is 103 cm³/mol. The van der Waals surface area contributed by atoms with Crippen molar-refractivity contribution in [1.82, 2.24) is 15.5 Å². The van der Waals surface area contributed by atoms with Gasteiger partial charge in [-0.15, -0.1) is 10.2 Å². The van der Waals surface area contributed by atoms with Crippen LogP contribution in [0.1, 0.15) is 25.5 Å². The highest BCUT2D eigenvalue weighted by atomic mass is 35.5. The highest BCUT2D eigenvalue weighted by Crippen LogP contribution is 2.26. The molecule has 2 atom stereocenters. The van der Waals surface area contributed by atoms with Gasteiger partial charge in [0.15, 0.2) is 6.10 Å². The third kappa shape index (κ3) is 4.78. The number of benzene rings is 2. The van der Waals surface area contributed by atoms with Crippen molar-refractivity contribution in [3.63, 3.8) is 0 Å². The van der Waals surface area contributed by atoms with Gasteiger partial charge in [0, 0.05) is 15.6 Å². The number of nitrogens with zero attached hydrogens (tertiary/aromatic N) is 2. The van der Waals surface area contributed by atoms with Crippen LogP contribution in [0.25, 0.3) is 11.5 Å². The molecule has 1 amide bonds. The second kappa shape index (κ2) is 8.41. The Balaban J connectivity index is 1.60. The quantitative estimate of drug-likeness (QED) is 0.643. The van der Waals surface area contributed by atoms with E-state index in [9.17, 15) is 4.79 Å². The molecule has 0 fully saturated rings. The monoisotopic (exact) mass is 405 g/mol. The second-order valence-electron chi connectivity index (χ2n) is 5.92. The molecule has 0 spiro atoms. The van der Waals surface area contributed by atoms with Crippen molar-refractivity contribution in [2.24, 2.45) is 0 Å². The highest BCUT2D eigenvalue weighted by Gasteiger charge is 2.19.